The van der Waals surface area contributed by atoms with E-state index in [1.807, 2.05) is 0 Å². The fraction of sp³-hybridized carbons (Fsp3) is 0.778. The number of allylic oxidation sites excluding steroid dienone is 1. The van der Waals surface area contributed by atoms with Gasteiger partial charge in [-0.3, -0.25) is 0 Å². The molecular weight excluding hydrogens is 122 g/mol. The molecule has 0 aromatic carbocycles. The van der Waals surface area contributed by atoms with Crippen molar-refractivity contribution in [3.05, 3.63) is 11.6 Å². The molecule has 2 N–H and O–H groups in total. The highest BCUT2D eigenvalue weighted by Gasteiger charge is 2.19. The lowest BCUT2D eigenvalue weighted by Crippen LogP contribution is -2.14. The minimum atomic E-state index is 0.722. The smallest absolute Gasteiger partial charge is 0.0109 e. The van der Waals surface area contributed by atoms with Crippen molar-refractivity contribution < 1.29 is 0 Å². The summed E-state index contributed by atoms with van der Waals surface area (Å²) >= 11 is 0. The van der Waals surface area contributed by atoms with Gasteiger partial charge in [-0.15, -0.1) is 0 Å². The highest BCUT2D eigenvalue weighted by Crippen LogP contribution is 2.34. The standard InChI is InChI=1S/C9H17N/c1-2-8(6-7-10)9-4-3-5-9/h6,9H,2-5,7,10H2,1H3/b8-6+. The summed E-state index contributed by atoms with van der Waals surface area (Å²) in [5, 5.41) is 0. The SMILES string of the molecule is CC/C(=C\CN)C1CCC1. The van der Waals surface area contributed by atoms with Gasteiger partial charge in [0.05, 0.1) is 0 Å². The van der Waals surface area contributed by atoms with Crippen LogP contribution in [-0.2, 0) is 0 Å². The summed E-state index contributed by atoms with van der Waals surface area (Å²) in [6.07, 6.45) is 7.62. The molecule has 1 heteroatoms. The van der Waals surface area contributed by atoms with Gasteiger partial charge in [-0.05, 0) is 25.2 Å². The van der Waals surface area contributed by atoms with E-state index in [9.17, 15) is 0 Å². The van der Waals surface area contributed by atoms with Crippen LogP contribution in [0, 0.1) is 5.92 Å². The van der Waals surface area contributed by atoms with E-state index in [0.717, 1.165) is 12.5 Å². The Bertz CT molecular complexity index is 123. The molecule has 0 aromatic rings. The van der Waals surface area contributed by atoms with Gasteiger partial charge >= 0.3 is 0 Å². The molecule has 1 fully saturated rings. The molecule has 0 aliphatic heterocycles. The molecule has 0 spiro atoms. The average molecular weight is 139 g/mol. The van der Waals surface area contributed by atoms with Gasteiger partial charge < -0.3 is 5.73 Å². The Morgan fingerprint density at radius 3 is 2.60 bits per heavy atom. The third-order valence-corrected chi connectivity index (χ3v) is 2.42. The van der Waals surface area contributed by atoms with Gasteiger partial charge in [0.1, 0.15) is 0 Å². The molecule has 1 aliphatic rings. The number of hydrogen-bond donors (Lipinski definition) is 1. The maximum absolute atomic E-state index is 5.45. The van der Waals surface area contributed by atoms with E-state index < -0.39 is 0 Å². The van der Waals surface area contributed by atoms with Crippen LogP contribution in [0.3, 0.4) is 0 Å². The third-order valence-electron chi connectivity index (χ3n) is 2.42. The molecule has 0 unspecified atom stereocenters. The molecule has 0 radical (unpaired) electrons. The molecule has 0 saturated heterocycles. The van der Waals surface area contributed by atoms with Crippen LogP contribution in [0.4, 0.5) is 0 Å². The summed E-state index contributed by atoms with van der Waals surface area (Å²) in [6.45, 7) is 2.94. The molecule has 1 rings (SSSR count). The number of hydrogen-bond acceptors (Lipinski definition) is 1. The molecule has 0 heterocycles. The fourth-order valence-corrected chi connectivity index (χ4v) is 1.53. The van der Waals surface area contributed by atoms with Gasteiger partial charge in [0.2, 0.25) is 0 Å². The summed E-state index contributed by atoms with van der Waals surface area (Å²) in [6, 6.07) is 0. The summed E-state index contributed by atoms with van der Waals surface area (Å²) in [4.78, 5) is 0. The van der Waals surface area contributed by atoms with Crippen LogP contribution < -0.4 is 5.73 Å². The van der Waals surface area contributed by atoms with Gasteiger partial charge in [0.15, 0.2) is 0 Å². The molecule has 10 heavy (non-hydrogen) atoms. The van der Waals surface area contributed by atoms with E-state index in [0.29, 0.717) is 0 Å². The molecule has 1 saturated carbocycles. The average Bonchev–Trinajstić information content (AvgIpc) is 1.83. The maximum Gasteiger partial charge on any atom is 0.0109 e. The lowest BCUT2D eigenvalue weighted by Gasteiger charge is -2.27. The Balaban J connectivity index is 2.38. The molecule has 1 nitrogen and oxygen atoms in total. The van der Waals surface area contributed by atoms with Crippen molar-refractivity contribution >= 4 is 0 Å². The second kappa shape index (κ2) is 3.77. The molecule has 0 atom stereocenters. The Labute approximate surface area is 63.3 Å². The third kappa shape index (κ3) is 1.60. The lowest BCUT2D eigenvalue weighted by molar-refractivity contribution is 0.360. The van der Waals surface area contributed by atoms with E-state index in [4.69, 9.17) is 5.73 Å². The largest absolute Gasteiger partial charge is 0.327 e. The lowest BCUT2D eigenvalue weighted by atomic mass is 9.78. The van der Waals surface area contributed by atoms with Crippen LogP contribution >= 0.6 is 0 Å². The topological polar surface area (TPSA) is 26.0 Å². The summed E-state index contributed by atoms with van der Waals surface area (Å²) in [5.74, 6) is 0.897. The number of rotatable bonds is 3. The van der Waals surface area contributed by atoms with Gasteiger partial charge in [-0.25, -0.2) is 0 Å². The van der Waals surface area contributed by atoms with Crippen molar-refractivity contribution in [2.75, 3.05) is 6.54 Å². The van der Waals surface area contributed by atoms with Crippen molar-refractivity contribution in [1.82, 2.24) is 0 Å². The Hall–Kier alpha value is -0.300. The summed E-state index contributed by atoms with van der Waals surface area (Å²) in [7, 11) is 0. The number of nitrogens with two attached hydrogens (primary N) is 1. The molecule has 0 amide bonds. The van der Waals surface area contributed by atoms with Crippen LogP contribution in [0.15, 0.2) is 11.6 Å². The molecule has 58 valence electrons. The van der Waals surface area contributed by atoms with Crippen LogP contribution in [-0.4, -0.2) is 6.54 Å². The van der Waals surface area contributed by atoms with Crippen LogP contribution in [0.25, 0.3) is 0 Å². The highest BCUT2D eigenvalue weighted by molar-refractivity contribution is 5.09. The van der Waals surface area contributed by atoms with Crippen molar-refractivity contribution in [1.29, 1.82) is 0 Å². The second-order valence-electron chi connectivity index (χ2n) is 3.00. The Morgan fingerprint density at radius 2 is 2.30 bits per heavy atom. The van der Waals surface area contributed by atoms with Crippen LogP contribution in [0.5, 0.6) is 0 Å². The maximum atomic E-state index is 5.45. The minimum absolute atomic E-state index is 0.722. The summed E-state index contributed by atoms with van der Waals surface area (Å²) in [5.41, 5.74) is 7.04. The van der Waals surface area contributed by atoms with E-state index in [1.165, 1.54) is 25.7 Å². The molecule has 0 aromatic heterocycles. The van der Waals surface area contributed by atoms with Gasteiger partial charge in [0, 0.05) is 6.54 Å². The fourth-order valence-electron chi connectivity index (χ4n) is 1.53. The van der Waals surface area contributed by atoms with Crippen molar-refractivity contribution in [3.63, 3.8) is 0 Å². The predicted octanol–water partition coefficient (Wildman–Crippen LogP) is 2.08. The Kier molecular flexibility index (Phi) is 2.94. The Morgan fingerprint density at radius 1 is 1.60 bits per heavy atom. The van der Waals surface area contributed by atoms with E-state index in [-0.39, 0.29) is 0 Å². The zero-order valence-corrected chi connectivity index (χ0v) is 6.77. The van der Waals surface area contributed by atoms with Crippen molar-refractivity contribution in [3.8, 4) is 0 Å². The monoisotopic (exact) mass is 139 g/mol. The van der Waals surface area contributed by atoms with E-state index >= 15 is 0 Å². The van der Waals surface area contributed by atoms with E-state index in [1.54, 1.807) is 5.57 Å². The highest BCUT2D eigenvalue weighted by atomic mass is 14.5. The first-order chi connectivity index (χ1) is 4.88. The summed E-state index contributed by atoms with van der Waals surface area (Å²) < 4.78 is 0. The van der Waals surface area contributed by atoms with Crippen molar-refractivity contribution in [2.24, 2.45) is 11.7 Å². The second-order valence-corrected chi connectivity index (χ2v) is 3.00. The van der Waals surface area contributed by atoms with Crippen molar-refractivity contribution in [2.45, 2.75) is 32.6 Å². The van der Waals surface area contributed by atoms with Crippen LogP contribution in [0.1, 0.15) is 32.6 Å². The first-order valence-electron chi connectivity index (χ1n) is 4.27. The van der Waals surface area contributed by atoms with Crippen LogP contribution in [0.2, 0.25) is 0 Å². The zero-order valence-electron chi connectivity index (χ0n) is 6.77. The normalized spacial score (nSPS) is 20.8. The van der Waals surface area contributed by atoms with Gasteiger partial charge in [0.25, 0.3) is 0 Å². The predicted molar refractivity (Wildman–Crippen MR) is 44.8 cm³/mol. The van der Waals surface area contributed by atoms with E-state index in [2.05, 4.69) is 13.0 Å². The molecule has 1 aliphatic carbocycles. The first kappa shape index (κ1) is 7.80. The van der Waals surface area contributed by atoms with Gasteiger partial charge in [-0.2, -0.15) is 0 Å². The molecular formula is C9H17N. The zero-order chi connectivity index (χ0) is 7.40. The van der Waals surface area contributed by atoms with Gasteiger partial charge in [-0.1, -0.05) is 25.0 Å². The first-order valence-corrected chi connectivity index (χ1v) is 4.27. The minimum Gasteiger partial charge on any atom is -0.327 e. The molecule has 0 bridgehead atoms. The quantitative estimate of drug-likeness (QED) is 0.595.